The Kier molecular flexibility index (Phi) is 5.34. The molecule has 6 heteroatoms. The van der Waals surface area contributed by atoms with Crippen LogP contribution in [0, 0.1) is 27.7 Å². The van der Waals surface area contributed by atoms with Gasteiger partial charge in [-0.1, -0.05) is 18.2 Å². The number of anilines is 1. The summed E-state index contributed by atoms with van der Waals surface area (Å²) in [7, 11) is -3.73. The Bertz CT molecular complexity index is 1150. The van der Waals surface area contributed by atoms with E-state index in [4.69, 9.17) is 0 Å². The normalized spacial score (nSPS) is 11.3. The standard InChI is InChI=1S/C22H22N2O3S/c1-14-5-6-16(3)20(11-14)24-22(25)18-8-10-21(23-13-18)28(26,27)19-9-7-15(2)17(4)12-19/h5-13H,1-4H3,(H,24,25). The molecule has 0 saturated heterocycles. The number of aromatic nitrogens is 1. The zero-order valence-corrected chi connectivity index (χ0v) is 17.1. The van der Waals surface area contributed by atoms with Crippen LogP contribution >= 0.6 is 0 Å². The number of benzene rings is 2. The van der Waals surface area contributed by atoms with Gasteiger partial charge < -0.3 is 5.32 Å². The molecule has 28 heavy (non-hydrogen) atoms. The molecule has 0 atom stereocenters. The Hall–Kier alpha value is -2.99. The van der Waals surface area contributed by atoms with Crippen molar-refractivity contribution in [3.05, 3.63) is 82.5 Å². The molecule has 3 aromatic rings. The van der Waals surface area contributed by atoms with Crippen LogP contribution in [0.2, 0.25) is 0 Å². The second-order valence-electron chi connectivity index (χ2n) is 6.91. The summed E-state index contributed by atoms with van der Waals surface area (Å²) < 4.78 is 25.6. The number of sulfone groups is 1. The predicted octanol–water partition coefficient (Wildman–Crippen LogP) is 4.40. The number of aryl methyl sites for hydroxylation is 4. The molecule has 0 aliphatic rings. The third-order valence-corrected chi connectivity index (χ3v) is 6.37. The highest BCUT2D eigenvalue weighted by Crippen LogP contribution is 2.22. The minimum atomic E-state index is -3.73. The number of carbonyl (C=O) groups excluding carboxylic acids is 1. The summed E-state index contributed by atoms with van der Waals surface area (Å²) in [5.74, 6) is -0.337. The van der Waals surface area contributed by atoms with Gasteiger partial charge >= 0.3 is 0 Å². The minimum Gasteiger partial charge on any atom is -0.322 e. The van der Waals surface area contributed by atoms with Crippen molar-refractivity contribution in [1.29, 1.82) is 0 Å². The van der Waals surface area contributed by atoms with Crippen LogP contribution in [0.25, 0.3) is 0 Å². The average molecular weight is 394 g/mol. The van der Waals surface area contributed by atoms with Crippen LogP contribution in [0.4, 0.5) is 5.69 Å². The van der Waals surface area contributed by atoms with Crippen LogP contribution in [0.5, 0.6) is 0 Å². The molecule has 0 radical (unpaired) electrons. The van der Waals surface area contributed by atoms with Gasteiger partial charge in [0, 0.05) is 11.9 Å². The number of pyridine rings is 1. The number of amides is 1. The molecule has 144 valence electrons. The minimum absolute atomic E-state index is 0.0842. The van der Waals surface area contributed by atoms with Gasteiger partial charge in [-0.15, -0.1) is 0 Å². The molecule has 0 spiro atoms. The van der Waals surface area contributed by atoms with Gasteiger partial charge in [-0.25, -0.2) is 13.4 Å². The maximum absolute atomic E-state index is 12.8. The smallest absolute Gasteiger partial charge is 0.257 e. The third kappa shape index (κ3) is 3.97. The van der Waals surface area contributed by atoms with Crippen molar-refractivity contribution in [3.8, 4) is 0 Å². The summed E-state index contributed by atoms with van der Waals surface area (Å²) in [4.78, 5) is 16.7. The summed E-state index contributed by atoms with van der Waals surface area (Å²) in [6.07, 6.45) is 1.29. The summed E-state index contributed by atoms with van der Waals surface area (Å²) in [6, 6.07) is 13.6. The summed E-state index contributed by atoms with van der Waals surface area (Å²) >= 11 is 0. The van der Waals surface area contributed by atoms with Crippen molar-refractivity contribution < 1.29 is 13.2 Å². The SMILES string of the molecule is Cc1ccc(C)c(NC(=O)c2ccc(S(=O)(=O)c3ccc(C)c(C)c3)nc2)c1. The lowest BCUT2D eigenvalue weighted by molar-refractivity contribution is 0.102. The molecular formula is C22H22N2O3S. The van der Waals surface area contributed by atoms with E-state index < -0.39 is 9.84 Å². The van der Waals surface area contributed by atoms with E-state index in [0.29, 0.717) is 5.56 Å². The first kappa shape index (κ1) is 19.8. The van der Waals surface area contributed by atoms with Crippen LogP contribution in [0.1, 0.15) is 32.6 Å². The number of nitrogens with one attached hydrogen (secondary N) is 1. The van der Waals surface area contributed by atoms with Gasteiger partial charge in [-0.3, -0.25) is 4.79 Å². The van der Waals surface area contributed by atoms with E-state index in [2.05, 4.69) is 10.3 Å². The van der Waals surface area contributed by atoms with Crippen molar-refractivity contribution in [2.24, 2.45) is 0 Å². The van der Waals surface area contributed by atoms with Crippen molar-refractivity contribution in [2.75, 3.05) is 5.32 Å². The van der Waals surface area contributed by atoms with Gasteiger partial charge in [-0.2, -0.15) is 0 Å². The van der Waals surface area contributed by atoms with Crippen LogP contribution in [0.15, 0.2) is 64.6 Å². The number of carbonyl (C=O) groups is 1. The molecule has 0 saturated carbocycles. The fourth-order valence-corrected chi connectivity index (χ4v) is 4.00. The van der Waals surface area contributed by atoms with Gasteiger partial charge in [0.15, 0.2) is 5.03 Å². The topological polar surface area (TPSA) is 76.1 Å². The molecule has 5 nitrogen and oxygen atoms in total. The molecule has 1 aromatic heterocycles. The molecule has 0 aliphatic carbocycles. The highest BCUT2D eigenvalue weighted by molar-refractivity contribution is 7.91. The lowest BCUT2D eigenvalue weighted by Crippen LogP contribution is -2.14. The molecule has 2 aromatic carbocycles. The Labute approximate surface area is 165 Å². The van der Waals surface area contributed by atoms with Crippen LogP contribution in [-0.4, -0.2) is 19.3 Å². The van der Waals surface area contributed by atoms with E-state index in [-0.39, 0.29) is 15.8 Å². The second-order valence-corrected chi connectivity index (χ2v) is 8.80. The van der Waals surface area contributed by atoms with Gasteiger partial charge in [0.1, 0.15) is 0 Å². The number of hydrogen-bond donors (Lipinski definition) is 1. The van der Waals surface area contributed by atoms with E-state index in [9.17, 15) is 13.2 Å². The maximum Gasteiger partial charge on any atom is 0.257 e. The van der Waals surface area contributed by atoms with Crippen LogP contribution < -0.4 is 5.32 Å². The Morgan fingerprint density at radius 1 is 0.857 bits per heavy atom. The monoisotopic (exact) mass is 394 g/mol. The molecule has 1 heterocycles. The molecule has 0 bridgehead atoms. The highest BCUT2D eigenvalue weighted by Gasteiger charge is 2.20. The molecule has 1 amide bonds. The number of nitrogens with zero attached hydrogens (tertiary/aromatic N) is 1. The predicted molar refractivity (Wildman–Crippen MR) is 109 cm³/mol. The van der Waals surface area contributed by atoms with Crippen molar-refractivity contribution in [2.45, 2.75) is 37.6 Å². The van der Waals surface area contributed by atoms with Crippen LogP contribution in [0.3, 0.4) is 0 Å². The lowest BCUT2D eigenvalue weighted by Gasteiger charge is -2.10. The van der Waals surface area contributed by atoms with E-state index in [1.807, 2.05) is 45.9 Å². The maximum atomic E-state index is 12.8. The fourth-order valence-electron chi connectivity index (χ4n) is 2.74. The largest absolute Gasteiger partial charge is 0.322 e. The molecule has 0 aliphatic heterocycles. The Balaban J connectivity index is 1.85. The fraction of sp³-hybridized carbons (Fsp3) is 0.182. The van der Waals surface area contributed by atoms with E-state index >= 15 is 0 Å². The molecular weight excluding hydrogens is 372 g/mol. The van der Waals surface area contributed by atoms with E-state index in [1.165, 1.54) is 18.3 Å². The van der Waals surface area contributed by atoms with Gasteiger partial charge in [0.2, 0.25) is 9.84 Å². The van der Waals surface area contributed by atoms with Gasteiger partial charge in [0.25, 0.3) is 5.91 Å². The van der Waals surface area contributed by atoms with E-state index in [1.54, 1.807) is 18.2 Å². The van der Waals surface area contributed by atoms with Gasteiger partial charge in [-0.05, 0) is 80.3 Å². The first-order valence-corrected chi connectivity index (χ1v) is 10.3. The zero-order valence-electron chi connectivity index (χ0n) is 16.3. The number of rotatable bonds is 4. The molecule has 3 rings (SSSR count). The van der Waals surface area contributed by atoms with Crippen molar-refractivity contribution in [1.82, 2.24) is 4.98 Å². The quantitative estimate of drug-likeness (QED) is 0.712. The molecule has 0 fully saturated rings. The van der Waals surface area contributed by atoms with Gasteiger partial charge in [0.05, 0.1) is 10.5 Å². The summed E-state index contributed by atoms with van der Waals surface area (Å²) in [6.45, 7) is 7.64. The Morgan fingerprint density at radius 3 is 2.21 bits per heavy atom. The summed E-state index contributed by atoms with van der Waals surface area (Å²) in [5, 5.41) is 2.76. The third-order valence-electron chi connectivity index (χ3n) is 4.70. The highest BCUT2D eigenvalue weighted by atomic mass is 32.2. The first-order chi connectivity index (χ1) is 13.2. The number of hydrogen-bond acceptors (Lipinski definition) is 4. The average Bonchev–Trinajstić information content (AvgIpc) is 2.67. The summed E-state index contributed by atoms with van der Waals surface area (Å²) in [5.41, 5.74) is 4.91. The molecule has 0 unspecified atom stereocenters. The zero-order chi connectivity index (χ0) is 20.5. The van der Waals surface area contributed by atoms with E-state index in [0.717, 1.165) is 27.9 Å². The van der Waals surface area contributed by atoms with Crippen molar-refractivity contribution >= 4 is 21.4 Å². The van der Waals surface area contributed by atoms with Crippen LogP contribution in [-0.2, 0) is 9.84 Å². The Morgan fingerprint density at radius 2 is 1.57 bits per heavy atom. The lowest BCUT2D eigenvalue weighted by atomic mass is 10.1. The van der Waals surface area contributed by atoms with Crippen molar-refractivity contribution in [3.63, 3.8) is 0 Å². The first-order valence-electron chi connectivity index (χ1n) is 8.85. The molecule has 1 N–H and O–H groups in total. The second kappa shape index (κ2) is 7.56.